The predicted octanol–water partition coefficient (Wildman–Crippen LogP) is 8.77. The molecule has 0 radical (unpaired) electrons. The number of benzene rings is 4. The highest BCUT2D eigenvalue weighted by Gasteiger charge is 2.31. The van der Waals surface area contributed by atoms with Gasteiger partial charge in [0.15, 0.2) is 0 Å². The van der Waals surface area contributed by atoms with Gasteiger partial charge in [0.2, 0.25) is 0 Å². The highest BCUT2D eigenvalue weighted by molar-refractivity contribution is 7.39. The van der Waals surface area contributed by atoms with Crippen LogP contribution < -0.4 is 14.1 Å². The van der Waals surface area contributed by atoms with Gasteiger partial charge in [-0.05, 0) is 38.1 Å². The van der Waals surface area contributed by atoms with Gasteiger partial charge in [0, 0.05) is 34.0 Å². The summed E-state index contributed by atoms with van der Waals surface area (Å²) in [4.78, 5) is 0. The van der Waals surface area contributed by atoms with Gasteiger partial charge in [0.05, 0.1) is 14.2 Å². The lowest BCUT2D eigenvalue weighted by molar-refractivity contribution is 0.399. The molecule has 0 bridgehead atoms. The zero-order chi connectivity index (χ0) is 25.1. The molecule has 0 aliphatic rings. The summed E-state index contributed by atoms with van der Waals surface area (Å²) in [5.74, 6) is 1.65. The Morgan fingerprint density at radius 2 is 0.972 bits per heavy atom. The van der Waals surface area contributed by atoms with E-state index in [9.17, 15) is 0 Å². The number of rotatable bonds is 7. The first-order valence-electron chi connectivity index (χ1n) is 12.0. The van der Waals surface area contributed by atoms with Crippen molar-refractivity contribution < 1.29 is 17.9 Å². The summed E-state index contributed by atoms with van der Waals surface area (Å²) in [6.45, 7) is 4.34. The third-order valence-electron chi connectivity index (χ3n) is 6.58. The molecule has 0 amide bonds. The van der Waals surface area contributed by atoms with Crippen molar-refractivity contribution in [1.82, 2.24) is 0 Å². The Hall–Kier alpha value is -3.66. The summed E-state index contributed by atoms with van der Waals surface area (Å²) in [5, 5.41) is 2.04. The number of hydrogen-bond acceptors (Lipinski definition) is 5. The van der Waals surface area contributed by atoms with E-state index in [1.165, 1.54) is 0 Å². The highest BCUT2D eigenvalue weighted by Crippen LogP contribution is 2.48. The molecule has 0 unspecified atom stereocenters. The largest absolute Gasteiger partial charge is 0.496 e. The van der Waals surface area contributed by atoms with Crippen molar-refractivity contribution in [3.63, 3.8) is 0 Å². The van der Waals surface area contributed by atoms with E-state index in [4.69, 9.17) is 17.9 Å². The minimum atomic E-state index is -1.57. The molecule has 0 saturated carbocycles. The Labute approximate surface area is 212 Å². The Morgan fingerprint density at radius 3 is 1.42 bits per heavy atom. The predicted molar refractivity (Wildman–Crippen MR) is 147 cm³/mol. The zero-order valence-corrected chi connectivity index (χ0v) is 21.8. The maximum atomic E-state index is 6.72. The first-order valence-corrected chi connectivity index (χ1v) is 13.1. The van der Waals surface area contributed by atoms with Crippen molar-refractivity contribution in [3.05, 3.63) is 108 Å². The molecule has 36 heavy (non-hydrogen) atoms. The van der Waals surface area contributed by atoms with Crippen molar-refractivity contribution in [2.45, 2.75) is 25.9 Å². The molecule has 4 aromatic carbocycles. The molecule has 0 saturated heterocycles. The fraction of sp³-hybridized carbons (Fsp3) is 0.200. The number of nitrogens with zero attached hydrogens (tertiary/aromatic N) is 1. The van der Waals surface area contributed by atoms with E-state index in [2.05, 4.69) is 42.8 Å². The molecular weight excluding hydrogens is 469 g/mol. The normalized spacial score (nSPS) is 13.0. The fourth-order valence-corrected chi connectivity index (χ4v) is 6.44. The number of hydrogen-bond donors (Lipinski definition) is 0. The van der Waals surface area contributed by atoms with Crippen molar-refractivity contribution in [2.24, 2.45) is 0 Å². The highest BCUT2D eigenvalue weighted by atomic mass is 31.1. The minimum Gasteiger partial charge on any atom is -0.496 e. The monoisotopic (exact) mass is 499 g/mol. The summed E-state index contributed by atoms with van der Waals surface area (Å²) in [6.07, 6.45) is 0. The van der Waals surface area contributed by atoms with Gasteiger partial charge in [-0.15, -0.1) is 0 Å². The quantitative estimate of drug-likeness (QED) is 0.224. The minimum absolute atomic E-state index is 0.0930. The molecule has 1 aromatic heterocycles. The first kappa shape index (κ1) is 24.1. The van der Waals surface area contributed by atoms with E-state index in [1.54, 1.807) is 14.2 Å². The molecule has 5 rings (SSSR count). The lowest BCUT2D eigenvalue weighted by atomic mass is 10.0. The number of para-hydroxylation sites is 4. The second kappa shape index (κ2) is 10.5. The van der Waals surface area contributed by atoms with Gasteiger partial charge in [0.25, 0.3) is 0 Å². The van der Waals surface area contributed by atoms with Gasteiger partial charge in [-0.1, -0.05) is 72.8 Å². The lowest BCUT2D eigenvalue weighted by Crippen LogP contribution is -2.28. The van der Waals surface area contributed by atoms with Gasteiger partial charge in [-0.25, -0.2) is 0 Å². The maximum absolute atomic E-state index is 6.72. The van der Waals surface area contributed by atoms with E-state index in [1.807, 2.05) is 72.8 Å². The zero-order valence-electron chi connectivity index (χ0n) is 20.9. The van der Waals surface area contributed by atoms with Gasteiger partial charge in [0.1, 0.15) is 22.7 Å². The Bertz CT molecular complexity index is 1420. The van der Waals surface area contributed by atoms with E-state index >= 15 is 0 Å². The standard InChI is InChI=1S/C30H30NO4P/c1-21(23-13-5-9-17-27(23)32-3)31(22(2)24-14-6-10-18-28(24)33-4)36-34-29-19-11-7-15-25(29)26-16-8-12-20-30(26)35-36/h5-22H,1-4H3/t21-,22-/m1/s1. The molecule has 0 spiro atoms. The number of fused-ring (bicyclic) bond motifs is 3. The molecule has 1 heterocycles. The first-order chi connectivity index (χ1) is 17.6. The van der Waals surface area contributed by atoms with Crippen LogP contribution in [-0.2, 0) is 0 Å². The maximum Gasteiger partial charge on any atom is 0.310 e. The summed E-state index contributed by atoms with van der Waals surface area (Å²) in [5.41, 5.74) is 3.72. The van der Waals surface area contributed by atoms with Crippen molar-refractivity contribution >= 4 is 30.1 Å². The lowest BCUT2D eigenvalue weighted by Gasteiger charge is -2.32. The SMILES string of the molecule is COc1ccccc1[C@@H](C)N([C@H](C)c1ccccc1OC)p1oc2ccccc2c2ccccc2o1. The van der Waals surface area contributed by atoms with Crippen molar-refractivity contribution in [1.29, 1.82) is 0 Å². The van der Waals surface area contributed by atoms with Crippen LogP contribution in [0, 0.1) is 0 Å². The van der Waals surface area contributed by atoms with Crippen LogP contribution in [-0.4, -0.2) is 14.2 Å². The summed E-state index contributed by atoms with van der Waals surface area (Å²) in [7, 11) is 1.84. The van der Waals surface area contributed by atoms with Gasteiger partial charge in [-0.3, -0.25) is 0 Å². The van der Waals surface area contributed by atoms with Crippen LogP contribution >= 0.6 is 8.16 Å². The number of methoxy groups -OCH3 is 2. The molecule has 184 valence electrons. The molecule has 0 aliphatic carbocycles. The van der Waals surface area contributed by atoms with Crippen LogP contribution in [0.2, 0.25) is 0 Å². The molecule has 6 heteroatoms. The van der Waals surface area contributed by atoms with E-state index in [0.717, 1.165) is 44.6 Å². The fourth-order valence-electron chi connectivity index (χ4n) is 4.75. The number of ether oxygens (including phenoxy) is 2. The molecule has 0 fully saturated rings. The molecular formula is C30H30NO4P. The third-order valence-corrected chi connectivity index (χ3v) is 8.35. The topological polar surface area (TPSA) is 48.0 Å². The van der Waals surface area contributed by atoms with Crippen LogP contribution in [0.25, 0.3) is 21.9 Å². The smallest absolute Gasteiger partial charge is 0.310 e. The van der Waals surface area contributed by atoms with Crippen LogP contribution in [0.5, 0.6) is 11.5 Å². The van der Waals surface area contributed by atoms with Crippen LogP contribution in [0.4, 0.5) is 0 Å². The second-order valence-electron chi connectivity index (χ2n) is 8.63. The second-order valence-corrected chi connectivity index (χ2v) is 9.93. The summed E-state index contributed by atoms with van der Waals surface area (Å²) < 4.78 is 27.2. The van der Waals surface area contributed by atoms with Crippen LogP contribution in [0.1, 0.15) is 37.1 Å². The van der Waals surface area contributed by atoms with E-state index < -0.39 is 8.16 Å². The van der Waals surface area contributed by atoms with Gasteiger partial charge >= 0.3 is 8.16 Å². The average Bonchev–Trinajstić information content (AvgIpc) is 3.09. The summed E-state index contributed by atoms with van der Waals surface area (Å²) >= 11 is 0. The molecule has 5 aromatic rings. The molecule has 2 atom stereocenters. The van der Waals surface area contributed by atoms with Gasteiger partial charge < -0.3 is 17.9 Å². The molecule has 0 N–H and O–H groups in total. The van der Waals surface area contributed by atoms with Crippen molar-refractivity contribution in [3.8, 4) is 11.5 Å². The Kier molecular flexibility index (Phi) is 7.04. The summed E-state index contributed by atoms with van der Waals surface area (Å²) in [6, 6.07) is 32.3. The van der Waals surface area contributed by atoms with Crippen LogP contribution in [0.15, 0.2) is 105 Å². The average molecular weight is 500 g/mol. The molecule has 5 nitrogen and oxygen atoms in total. The Balaban J connectivity index is 1.79. The van der Waals surface area contributed by atoms with E-state index in [-0.39, 0.29) is 12.1 Å². The molecule has 0 aliphatic heterocycles. The van der Waals surface area contributed by atoms with Crippen LogP contribution in [0.3, 0.4) is 0 Å². The Morgan fingerprint density at radius 1 is 0.583 bits per heavy atom. The van der Waals surface area contributed by atoms with E-state index in [0.29, 0.717) is 0 Å². The van der Waals surface area contributed by atoms with Gasteiger partial charge in [-0.2, -0.15) is 4.67 Å². The van der Waals surface area contributed by atoms with Crippen molar-refractivity contribution in [2.75, 3.05) is 18.9 Å². The third kappa shape index (κ3) is 4.48.